The monoisotopic (exact) mass is 84.0 g/mol. The van der Waals surface area contributed by atoms with E-state index in [9.17, 15) is 4.79 Å². The maximum absolute atomic E-state index is 9.76. The zero-order valence-corrected chi connectivity index (χ0v) is 3.40. The molecular formula is C4H6NO+. The average Bonchev–Trinajstić information content (AvgIpc) is 1.36. The van der Waals surface area contributed by atoms with Gasteiger partial charge in [-0.25, -0.2) is 0 Å². The molecule has 0 rings (SSSR count). The van der Waals surface area contributed by atoms with Gasteiger partial charge in [-0.1, -0.05) is 0 Å². The molecule has 0 spiro atoms. The lowest BCUT2D eigenvalue weighted by molar-refractivity contribution is -0.114. The highest BCUT2D eigenvalue weighted by Gasteiger charge is 1.99. The highest BCUT2D eigenvalue weighted by Crippen LogP contribution is 1.77. The van der Waals surface area contributed by atoms with Crippen LogP contribution in [-0.4, -0.2) is 5.91 Å². The summed E-state index contributed by atoms with van der Waals surface area (Å²) >= 11 is 0. The highest BCUT2D eigenvalue weighted by atomic mass is 16.1. The van der Waals surface area contributed by atoms with E-state index in [1.165, 1.54) is 0 Å². The Labute approximate surface area is 36.6 Å². The molecule has 1 amide bonds. The average molecular weight is 84.1 g/mol. The summed E-state index contributed by atoms with van der Waals surface area (Å²) in [7, 11) is 0. The van der Waals surface area contributed by atoms with Crippen LogP contribution in [0.2, 0.25) is 0 Å². The third kappa shape index (κ3) is 1.40. The molecular weight excluding hydrogens is 78.0 g/mol. The van der Waals surface area contributed by atoms with Gasteiger partial charge in [0.05, 0.1) is 0 Å². The van der Waals surface area contributed by atoms with Gasteiger partial charge in [-0.15, -0.1) is 0 Å². The van der Waals surface area contributed by atoms with Crippen LogP contribution in [0.3, 0.4) is 0 Å². The molecule has 2 nitrogen and oxygen atoms in total. The predicted octanol–water partition coefficient (Wildman–Crippen LogP) is -0.138. The van der Waals surface area contributed by atoms with Crippen LogP contribution < -0.4 is 5.73 Å². The van der Waals surface area contributed by atoms with Crippen LogP contribution in [0.15, 0.2) is 12.2 Å². The van der Waals surface area contributed by atoms with Crippen molar-refractivity contribution in [2.75, 3.05) is 0 Å². The topological polar surface area (TPSA) is 43.1 Å². The lowest BCUT2D eigenvalue weighted by Crippen LogP contribution is -2.10. The summed E-state index contributed by atoms with van der Waals surface area (Å²) in [4.78, 5) is 9.76. The molecule has 0 atom stereocenters. The van der Waals surface area contributed by atoms with Gasteiger partial charge in [-0.3, -0.25) is 0 Å². The van der Waals surface area contributed by atoms with E-state index in [-0.39, 0.29) is 5.57 Å². The molecule has 0 saturated carbocycles. The second kappa shape index (κ2) is 1.50. The Balaban J connectivity index is 3.57. The van der Waals surface area contributed by atoms with E-state index in [0.717, 1.165) is 0 Å². The first kappa shape index (κ1) is 5.08. The molecule has 0 aliphatic heterocycles. The Morgan fingerprint density at radius 2 is 2.00 bits per heavy atom. The van der Waals surface area contributed by atoms with Gasteiger partial charge in [0.15, 0.2) is 5.57 Å². The Morgan fingerprint density at radius 1 is 1.83 bits per heavy atom. The molecule has 0 radical (unpaired) electrons. The quantitative estimate of drug-likeness (QED) is 0.349. The number of primary amides is 1. The molecule has 0 aromatic carbocycles. The van der Waals surface area contributed by atoms with E-state index >= 15 is 0 Å². The lowest BCUT2D eigenvalue weighted by Gasteiger charge is -1.69. The fourth-order valence-corrected chi connectivity index (χ4v) is 0. The van der Waals surface area contributed by atoms with Crippen molar-refractivity contribution < 1.29 is 4.79 Å². The van der Waals surface area contributed by atoms with Gasteiger partial charge in [0.1, 0.15) is 0 Å². The van der Waals surface area contributed by atoms with Crippen molar-refractivity contribution in [3.63, 3.8) is 0 Å². The van der Waals surface area contributed by atoms with Crippen LogP contribution in [0, 0.1) is 6.92 Å². The van der Waals surface area contributed by atoms with E-state index in [4.69, 9.17) is 0 Å². The number of hydrogen-bond acceptors (Lipinski definition) is 1. The maximum Gasteiger partial charge on any atom is 0.356 e. The second-order valence-electron chi connectivity index (χ2n) is 0.968. The van der Waals surface area contributed by atoms with Crippen LogP contribution in [0.25, 0.3) is 0 Å². The van der Waals surface area contributed by atoms with Gasteiger partial charge in [0.2, 0.25) is 0 Å². The van der Waals surface area contributed by atoms with Gasteiger partial charge < -0.3 is 5.73 Å². The minimum atomic E-state index is -0.546. The van der Waals surface area contributed by atoms with Crippen LogP contribution >= 0.6 is 0 Å². The van der Waals surface area contributed by atoms with Crippen molar-refractivity contribution in [3.8, 4) is 0 Å². The van der Waals surface area contributed by atoms with Crippen LogP contribution in [0.4, 0.5) is 0 Å². The lowest BCUT2D eigenvalue weighted by atomic mass is 10.3. The van der Waals surface area contributed by atoms with Gasteiger partial charge >= 0.3 is 5.91 Å². The summed E-state index contributed by atoms with van der Waals surface area (Å²) in [5.74, 6) is -0.546. The van der Waals surface area contributed by atoms with Crippen molar-refractivity contribution in [1.82, 2.24) is 0 Å². The number of carbonyl (C=O) groups excluding carboxylic acids is 1. The smallest absolute Gasteiger partial charge is 0.313 e. The summed E-state index contributed by atoms with van der Waals surface area (Å²) in [6.45, 7) is 6.34. The second-order valence-corrected chi connectivity index (χ2v) is 0.968. The molecule has 32 valence electrons. The first-order valence-electron chi connectivity index (χ1n) is 1.45. The normalized spacial score (nSPS) is 7.33. The Hall–Kier alpha value is -0.920. The van der Waals surface area contributed by atoms with Gasteiger partial charge in [0, 0.05) is 13.5 Å². The van der Waals surface area contributed by atoms with E-state index < -0.39 is 5.91 Å². The summed E-state index contributed by atoms with van der Waals surface area (Å²) < 4.78 is 0. The fourth-order valence-electron chi connectivity index (χ4n) is 0. The van der Waals surface area contributed by atoms with E-state index in [1.54, 1.807) is 0 Å². The molecule has 0 aromatic rings. The molecule has 0 fully saturated rings. The van der Waals surface area contributed by atoms with Crippen molar-refractivity contribution in [1.29, 1.82) is 0 Å². The Bertz CT molecular complexity index is 73.5. The molecule has 2 N–H and O–H groups in total. The summed E-state index contributed by atoms with van der Waals surface area (Å²) in [5, 5.41) is 0. The van der Waals surface area contributed by atoms with Gasteiger partial charge in [0.25, 0.3) is 0 Å². The standard InChI is InChI=1S/C4H5NO/c1-3(2)4(5)6/h1-2H2,(H-,5,6)/p+1. The van der Waals surface area contributed by atoms with Crippen LogP contribution in [0.1, 0.15) is 0 Å². The minimum absolute atomic E-state index is 0.148. The van der Waals surface area contributed by atoms with Crippen molar-refractivity contribution in [3.05, 3.63) is 19.1 Å². The van der Waals surface area contributed by atoms with E-state index in [0.29, 0.717) is 0 Å². The Morgan fingerprint density at radius 3 is 2.00 bits per heavy atom. The number of rotatable bonds is 1. The zero-order valence-electron chi connectivity index (χ0n) is 3.40. The largest absolute Gasteiger partial charge is 0.356 e. The summed E-state index contributed by atoms with van der Waals surface area (Å²) in [6.07, 6.45) is 0. The van der Waals surface area contributed by atoms with Crippen LogP contribution in [0.5, 0.6) is 0 Å². The molecule has 0 unspecified atom stereocenters. The molecule has 0 heterocycles. The van der Waals surface area contributed by atoms with Crippen molar-refractivity contribution in [2.24, 2.45) is 5.73 Å². The molecule has 0 saturated heterocycles. The first-order chi connectivity index (χ1) is 2.64. The molecule has 0 bridgehead atoms. The molecule has 0 aliphatic rings. The molecule has 0 aliphatic carbocycles. The van der Waals surface area contributed by atoms with Crippen molar-refractivity contribution >= 4 is 5.91 Å². The maximum atomic E-state index is 9.76. The number of nitrogens with two attached hydrogens (primary N) is 1. The minimum Gasteiger partial charge on any atom is -0.313 e. The Kier molecular flexibility index (Phi) is 1.27. The van der Waals surface area contributed by atoms with E-state index in [2.05, 4.69) is 19.2 Å². The number of carbonyl (C=O) groups is 1. The zero-order chi connectivity index (χ0) is 5.15. The summed E-state index contributed by atoms with van der Waals surface area (Å²) in [5.41, 5.74) is 4.78. The highest BCUT2D eigenvalue weighted by molar-refractivity contribution is 5.92. The van der Waals surface area contributed by atoms with Gasteiger partial charge in [-0.05, 0) is 0 Å². The SMILES string of the molecule is C=C([CH2+])C(N)=O. The van der Waals surface area contributed by atoms with E-state index in [1.807, 2.05) is 0 Å². The van der Waals surface area contributed by atoms with Gasteiger partial charge in [-0.2, -0.15) is 4.79 Å². The number of hydrogen-bond donors (Lipinski definition) is 1. The summed E-state index contributed by atoms with van der Waals surface area (Å²) in [6, 6.07) is 0. The fraction of sp³-hybridized carbons (Fsp3) is 0. The predicted molar refractivity (Wildman–Crippen MR) is 23.7 cm³/mol. The number of amides is 1. The third-order valence-electron chi connectivity index (χ3n) is 0.348. The van der Waals surface area contributed by atoms with Crippen LogP contribution in [-0.2, 0) is 4.79 Å². The molecule has 2 heteroatoms. The molecule has 0 aromatic heterocycles. The first-order valence-corrected chi connectivity index (χ1v) is 1.45. The van der Waals surface area contributed by atoms with Crippen molar-refractivity contribution in [2.45, 2.75) is 0 Å². The molecule has 6 heavy (non-hydrogen) atoms. The third-order valence-corrected chi connectivity index (χ3v) is 0.348.